The zero-order valence-corrected chi connectivity index (χ0v) is 21.3. The van der Waals surface area contributed by atoms with Gasteiger partial charge in [-0.05, 0) is 36.6 Å². The molecule has 2 fully saturated rings. The van der Waals surface area contributed by atoms with E-state index in [4.69, 9.17) is 21.3 Å². The van der Waals surface area contributed by atoms with Gasteiger partial charge < -0.3 is 9.64 Å². The lowest BCUT2D eigenvalue weighted by molar-refractivity contribution is -0.0818. The van der Waals surface area contributed by atoms with Crippen molar-refractivity contribution in [1.82, 2.24) is 29.2 Å². The van der Waals surface area contributed by atoms with E-state index in [-0.39, 0.29) is 18.0 Å². The second-order valence-electron chi connectivity index (χ2n) is 9.02. The molecule has 2 aliphatic heterocycles. The van der Waals surface area contributed by atoms with Gasteiger partial charge in [-0.25, -0.2) is 15.0 Å². The van der Waals surface area contributed by atoms with Gasteiger partial charge >= 0.3 is 0 Å². The zero-order chi connectivity index (χ0) is 24.6. The van der Waals surface area contributed by atoms with E-state index in [2.05, 4.69) is 14.9 Å². The number of amides is 1. The van der Waals surface area contributed by atoms with Crippen molar-refractivity contribution in [1.29, 1.82) is 0 Å². The van der Waals surface area contributed by atoms with E-state index in [1.165, 1.54) is 11.8 Å². The molecule has 10 heteroatoms. The van der Waals surface area contributed by atoms with Crippen molar-refractivity contribution in [2.45, 2.75) is 23.7 Å². The molecule has 184 valence electrons. The van der Waals surface area contributed by atoms with Gasteiger partial charge in [-0.15, -0.1) is 11.8 Å². The molecule has 5 heterocycles. The highest BCUT2D eigenvalue weighted by molar-refractivity contribution is 7.98. The number of carbonyl (C=O) groups excluding carboxylic acids is 1. The highest BCUT2D eigenvalue weighted by Crippen LogP contribution is 2.29. The molecule has 0 saturated carbocycles. The lowest BCUT2D eigenvalue weighted by atomic mass is 10.0. The van der Waals surface area contributed by atoms with Crippen molar-refractivity contribution < 1.29 is 9.53 Å². The van der Waals surface area contributed by atoms with Crippen molar-refractivity contribution in [2.24, 2.45) is 0 Å². The number of aromatic nitrogens is 4. The van der Waals surface area contributed by atoms with E-state index < -0.39 is 0 Å². The van der Waals surface area contributed by atoms with Crippen molar-refractivity contribution in [3.8, 4) is 11.3 Å². The average molecular weight is 521 g/mol. The molecule has 1 amide bonds. The van der Waals surface area contributed by atoms with Gasteiger partial charge in [0.05, 0.1) is 41.7 Å². The molecule has 36 heavy (non-hydrogen) atoms. The lowest BCUT2D eigenvalue weighted by Gasteiger charge is -2.49. The number of nitrogens with zero attached hydrogens (tertiary/aromatic N) is 6. The van der Waals surface area contributed by atoms with Crippen LogP contribution in [-0.2, 0) is 11.3 Å². The van der Waals surface area contributed by atoms with E-state index in [0.29, 0.717) is 49.3 Å². The Morgan fingerprint density at radius 2 is 1.86 bits per heavy atom. The molecule has 4 aromatic rings. The van der Waals surface area contributed by atoms with Crippen LogP contribution in [0.15, 0.2) is 66.0 Å². The number of hydrogen-bond donors (Lipinski definition) is 0. The Labute approximate surface area is 218 Å². The third-order valence-corrected chi connectivity index (χ3v) is 7.62. The summed E-state index contributed by atoms with van der Waals surface area (Å²) < 4.78 is 7.92. The van der Waals surface area contributed by atoms with E-state index in [1.807, 2.05) is 64.2 Å². The zero-order valence-electron chi connectivity index (χ0n) is 19.7. The molecule has 8 nitrogen and oxygen atoms in total. The maximum absolute atomic E-state index is 13.5. The summed E-state index contributed by atoms with van der Waals surface area (Å²) in [6.07, 6.45) is 5.72. The Hall–Kier alpha value is -2.98. The third-order valence-electron chi connectivity index (χ3n) is 6.73. The summed E-state index contributed by atoms with van der Waals surface area (Å²) in [7, 11) is 0. The summed E-state index contributed by atoms with van der Waals surface area (Å²) in [5, 5.41) is 1.53. The van der Waals surface area contributed by atoms with E-state index in [9.17, 15) is 4.79 Å². The number of benzene rings is 1. The minimum atomic E-state index is -0.0407. The molecule has 2 atom stereocenters. The van der Waals surface area contributed by atoms with Gasteiger partial charge in [0.2, 0.25) is 5.78 Å². The quantitative estimate of drug-likeness (QED) is 0.369. The van der Waals surface area contributed by atoms with Gasteiger partial charge in [0.25, 0.3) is 5.91 Å². The molecule has 2 unspecified atom stereocenters. The van der Waals surface area contributed by atoms with Crippen LogP contribution in [-0.4, -0.2) is 79.7 Å². The van der Waals surface area contributed by atoms with Crippen LogP contribution in [0.1, 0.15) is 16.2 Å². The number of ether oxygens (including phenoxy) is 1. The smallest absolute Gasteiger partial charge is 0.273 e. The molecule has 0 N–H and O–H groups in total. The largest absolute Gasteiger partial charge is 0.377 e. The minimum Gasteiger partial charge on any atom is -0.377 e. The number of carbonyl (C=O) groups is 1. The molecule has 2 aliphatic rings. The highest BCUT2D eigenvalue weighted by Gasteiger charge is 2.42. The Morgan fingerprint density at radius 3 is 2.61 bits per heavy atom. The third kappa shape index (κ3) is 4.37. The van der Waals surface area contributed by atoms with E-state index in [0.717, 1.165) is 22.0 Å². The predicted octanol–water partition coefficient (Wildman–Crippen LogP) is 3.89. The standard InChI is InChI=1S/C26H25ClN6O2S/c1-36-23-5-2-4-21(29-23)25(34)33-19-12-31(13-20(33)16-35-15-19)14-22-24(17-6-8-18(27)9-7-17)30-26-28-10-3-11-32(22)26/h2-11,19-20H,12-16H2,1H3. The fourth-order valence-corrected chi connectivity index (χ4v) is 5.66. The second kappa shape index (κ2) is 9.82. The Balaban J connectivity index is 1.29. The fourth-order valence-electron chi connectivity index (χ4n) is 5.13. The number of imidazole rings is 1. The molecule has 3 aromatic heterocycles. The van der Waals surface area contributed by atoms with Crippen molar-refractivity contribution >= 4 is 35.0 Å². The fraction of sp³-hybridized carbons (Fsp3) is 0.308. The van der Waals surface area contributed by atoms with Crippen molar-refractivity contribution in [2.75, 3.05) is 32.6 Å². The highest BCUT2D eigenvalue weighted by atomic mass is 35.5. The normalized spacial score (nSPS) is 20.1. The topological polar surface area (TPSA) is 75.9 Å². The number of hydrogen-bond acceptors (Lipinski definition) is 7. The number of piperazine rings is 1. The van der Waals surface area contributed by atoms with Gasteiger partial charge in [0.15, 0.2) is 0 Å². The minimum absolute atomic E-state index is 0.0234. The monoisotopic (exact) mass is 520 g/mol. The average Bonchev–Trinajstić information content (AvgIpc) is 3.26. The molecule has 1 aromatic carbocycles. The SMILES string of the molecule is CSc1cccc(C(=O)N2C3COCC2CN(Cc2c(-c4ccc(Cl)cc4)nc4ncccn24)C3)n1. The molecular formula is C26H25ClN6O2S. The van der Waals surface area contributed by atoms with Crippen LogP contribution in [0, 0.1) is 0 Å². The molecule has 0 aliphatic carbocycles. The predicted molar refractivity (Wildman–Crippen MR) is 139 cm³/mol. The number of halogens is 1. The summed E-state index contributed by atoms with van der Waals surface area (Å²) >= 11 is 7.67. The first-order chi connectivity index (χ1) is 17.6. The molecule has 0 radical (unpaired) electrons. The van der Waals surface area contributed by atoms with Crippen LogP contribution in [0.25, 0.3) is 17.0 Å². The number of morpholine rings is 1. The van der Waals surface area contributed by atoms with Gasteiger partial charge in [0, 0.05) is 42.6 Å². The maximum Gasteiger partial charge on any atom is 0.273 e. The summed E-state index contributed by atoms with van der Waals surface area (Å²) in [6.45, 7) is 3.12. The number of thioether (sulfide) groups is 1. The Kier molecular flexibility index (Phi) is 6.39. The Morgan fingerprint density at radius 1 is 1.08 bits per heavy atom. The Bertz CT molecular complexity index is 1400. The van der Waals surface area contributed by atoms with Gasteiger partial charge in [-0.2, -0.15) is 0 Å². The molecule has 6 rings (SSSR count). The van der Waals surface area contributed by atoms with Crippen LogP contribution < -0.4 is 0 Å². The van der Waals surface area contributed by atoms with E-state index in [1.54, 1.807) is 12.3 Å². The van der Waals surface area contributed by atoms with E-state index >= 15 is 0 Å². The van der Waals surface area contributed by atoms with Gasteiger partial charge in [0.1, 0.15) is 5.69 Å². The van der Waals surface area contributed by atoms with Crippen LogP contribution in [0.5, 0.6) is 0 Å². The number of rotatable bonds is 5. The van der Waals surface area contributed by atoms with Crippen LogP contribution >= 0.6 is 23.4 Å². The van der Waals surface area contributed by atoms with Crippen LogP contribution in [0.3, 0.4) is 0 Å². The maximum atomic E-state index is 13.5. The summed E-state index contributed by atoms with van der Waals surface area (Å²) in [6, 6.07) is 15.2. The molecule has 2 saturated heterocycles. The lowest BCUT2D eigenvalue weighted by Crippen LogP contribution is -2.66. The number of pyridine rings is 1. The summed E-state index contributed by atoms with van der Waals surface area (Å²) in [5.41, 5.74) is 3.44. The summed E-state index contributed by atoms with van der Waals surface area (Å²) in [5.74, 6) is 0.638. The first kappa shape index (κ1) is 23.4. The first-order valence-corrected chi connectivity index (χ1v) is 13.4. The second-order valence-corrected chi connectivity index (χ2v) is 10.3. The molecule has 0 spiro atoms. The molecule has 2 bridgehead atoms. The van der Waals surface area contributed by atoms with Gasteiger partial charge in [-0.3, -0.25) is 14.1 Å². The van der Waals surface area contributed by atoms with Crippen molar-refractivity contribution in [3.63, 3.8) is 0 Å². The first-order valence-electron chi connectivity index (χ1n) is 11.8. The summed E-state index contributed by atoms with van der Waals surface area (Å²) in [4.78, 5) is 31.7. The van der Waals surface area contributed by atoms with Crippen LogP contribution in [0.2, 0.25) is 5.02 Å². The van der Waals surface area contributed by atoms with Crippen LogP contribution in [0.4, 0.5) is 0 Å². The molecular weight excluding hydrogens is 496 g/mol. The van der Waals surface area contributed by atoms with Gasteiger partial charge in [-0.1, -0.05) is 29.8 Å². The van der Waals surface area contributed by atoms with Crippen molar-refractivity contribution in [3.05, 3.63) is 77.3 Å². The number of fused-ring (bicyclic) bond motifs is 3.